The van der Waals surface area contributed by atoms with Crippen molar-refractivity contribution in [2.24, 2.45) is 23.7 Å². The van der Waals surface area contributed by atoms with E-state index in [1.807, 2.05) is 0 Å². The molecule has 180 valence electrons. The lowest BCUT2D eigenvalue weighted by molar-refractivity contribution is -0.141. The van der Waals surface area contributed by atoms with Gasteiger partial charge in [-0.05, 0) is 75.3 Å². The van der Waals surface area contributed by atoms with Gasteiger partial charge in [0.2, 0.25) is 0 Å². The monoisotopic (exact) mass is 433 g/mol. The minimum Gasteiger partial charge on any atom is -0.462 e. The zero-order chi connectivity index (χ0) is 22.5. The van der Waals surface area contributed by atoms with Crippen molar-refractivity contribution in [3.63, 3.8) is 0 Å². The first-order valence-electron chi connectivity index (χ1n) is 13.6. The molecular formula is C28H51NO2. The van der Waals surface area contributed by atoms with Crippen molar-refractivity contribution >= 4 is 5.97 Å². The summed E-state index contributed by atoms with van der Waals surface area (Å²) in [5.74, 6) is 3.27. The Bertz CT molecular complexity index is 497. The average Bonchev–Trinajstić information content (AvgIpc) is 2.81. The van der Waals surface area contributed by atoms with Crippen molar-refractivity contribution in [3.8, 4) is 0 Å². The zero-order valence-electron chi connectivity index (χ0n) is 21.0. The third-order valence-corrected chi connectivity index (χ3v) is 8.21. The van der Waals surface area contributed by atoms with Crippen molar-refractivity contribution in [2.75, 3.05) is 26.2 Å². The van der Waals surface area contributed by atoms with Crippen molar-refractivity contribution < 1.29 is 9.53 Å². The maximum absolute atomic E-state index is 12.3. The normalized spacial score (nSPS) is 26.7. The van der Waals surface area contributed by atoms with Crippen LogP contribution in [0, 0.1) is 23.7 Å². The largest absolute Gasteiger partial charge is 0.462 e. The molecule has 0 unspecified atom stereocenters. The Labute approximate surface area is 193 Å². The fourth-order valence-corrected chi connectivity index (χ4v) is 5.89. The van der Waals surface area contributed by atoms with Crippen LogP contribution < -0.4 is 0 Å². The van der Waals surface area contributed by atoms with E-state index in [9.17, 15) is 4.79 Å². The molecule has 0 saturated heterocycles. The number of hydrogen-bond acceptors (Lipinski definition) is 3. The van der Waals surface area contributed by atoms with Crippen LogP contribution in [0.1, 0.15) is 111 Å². The van der Waals surface area contributed by atoms with E-state index in [1.54, 1.807) is 0 Å². The summed E-state index contributed by atoms with van der Waals surface area (Å²) in [6.45, 7) is 13.6. The third-order valence-electron chi connectivity index (χ3n) is 8.21. The highest BCUT2D eigenvalue weighted by molar-refractivity contribution is 5.88. The molecule has 0 heterocycles. The van der Waals surface area contributed by atoms with Crippen LogP contribution in [0.2, 0.25) is 0 Å². The van der Waals surface area contributed by atoms with Gasteiger partial charge in [0.15, 0.2) is 0 Å². The quantitative estimate of drug-likeness (QED) is 0.162. The molecule has 0 amide bonds. The summed E-state index contributed by atoms with van der Waals surface area (Å²) in [6.07, 6.45) is 19.6. The molecule has 2 saturated carbocycles. The first-order chi connectivity index (χ1) is 15.1. The highest BCUT2D eigenvalue weighted by Crippen LogP contribution is 2.42. The second kappa shape index (κ2) is 15.1. The van der Waals surface area contributed by atoms with Crippen LogP contribution in [0.3, 0.4) is 0 Å². The average molecular weight is 434 g/mol. The molecule has 31 heavy (non-hydrogen) atoms. The molecule has 0 atom stereocenters. The fraction of sp³-hybridized carbons (Fsp3) is 0.893. The number of likely N-dealkylation sites (N-methyl/N-ethyl adjacent to an activating group) is 1. The molecule has 3 heteroatoms. The molecule has 3 nitrogen and oxygen atoms in total. The number of carbonyl (C=O) groups excluding carboxylic acids is 1. The Kier molecular flexibility index (Phi) is 12.9. The van der Waals surface area contributed by atoms with Crippen molar-refractivity contribution in [2.45, 2.75) is 111 Å². The lowest BCUT2D eigenvalue weighted by Crippen LogP contribution is -2.29. The molecule has 0 aromatic carbocycles. The summed E-state index contributed by atoms with van der Waals surface area (Å²) in [5, 5.41) is 0. The predicted molar refractivity (Wildman–Crippen MR) is 132 cm³/mol. The molecule has 0 aromatic heterocycles. The van der Waals surface area contributed by atoms with Gasteiger partial charge < -0.3 is 4.74 Å². The standard InChI is InChI=1S/C28H51NO2/c1-5-8-9-10-11-12-24-13-17-26(18-14-24)27-19-15-25(16-20-27)22-31-28(30)23(4)21-29(6-2)7-3/h24-27H,4-22H2,1-3H3. The summed E-state index contributed by atoms with van der Waals surface area (Å²) < 4.78 is 5.62. The first kappa shape index (κ1) is 26.4. The summed E-state index contributed by atoms with van der Waals surface area (Å²) >= 11 is 0. The number of ether oxygens (including phenoxy) is 1. The molecule has 2 fully saturated rings. The predicted octanol–water partition coefficient (Wildman–Crippen LogP) is 7.40. The summed E-state index contributed by atoms with van der Waals surface area (Å²) in [6, 6.07) is 0. The van der Waals surface area contributed by atoms with E-state index in [0.29, 0.717) is 24.6 Å². The number of rotatable bonds is 14. The van der Waals surface area contributed by atoms with Gasteiger partial charge in [-0.15, -0.1) is 0 Å². The lowest BCUT2D eigenvalue weighted by atomic mass is 9.69. The number of unbranched alkanes of at least 4 members (excludes halogenated alkanes) is 4. The van der Waals surface area contributed by atoms with Crippen LogP contribution in [0.15, 0.2) is 12.2 Å². The van der Waals surface area contributed by atoms with E-state index >= 15 is 0 Å². The van der Waals surface area contributed by atoms with E-state index in [1.165, 1.54) is 89.9 Å². The Hall–Kier alpha value is -0.830. The van der Waals surface area contributed by atoms with E-state index < -0.39 is 0 Å². The van der Waals surface area contributed by atoms with E-state index in [0.717, 1.165) is 30.8 Å². The molecule has 0 N–H and O–H groups in total. The van der Waals surface area contributed by atoms with Gasteiger partial charge in [-0.2, -0.15) is 0 Å². The van der Waals surface area contributed by atoms with Gasteiger partial charge in [-0.25, -0.2) is 4.79 Å². The summed E-state index contributed by atoms with van der Waals surface area (Å²) in [5.41, 5.74) is 0.597. The molecule has 0 spiro atoms. The van der Waals surface area contributed by atoms with Crippen molar-refractivity contribution in [3.05, 3.63) is 12.2 Å². The van der Waals surface area contributed by atoms with Gasteiger partial charge in [0.25, 0.3) is 0 Å². The van der Waals surface area contributed by atoms with Crippen LogP contribution in [0.4, 0.5) is 0 Å². The highest BCUT2D eigenvalue weighted by Gasteiger charge is 2.31. The zero-order valence-corrected chi connectivity index (χ0v) is 21.0. The SMILES string of the molecule is C=C(CN(CC)CC)C(=O)OCC1CCC(C2CCC(CCCCCCC)CC2)CC1. The maximum atomic E-state index is 12.3. The molecule has 2 aliphatic rings. The van der Waals surface area contributed by atoms with Gasteiger partial charge in [0.1, 0.15) is 0 Å². The lowest BCUT2D eigenvalue weighted by Gasteiger charge is -2.37. The minimum absolute atomic E-state index is 0.193. The summed E-state index contributed by atoms with van der Waals surface area (Å²) in [7, 11) is 0. The Morgan fingerprint density at radius 3 is 1.90 bits per heavy atom. The van der Waals surface area contributed by atoms with Crippen molar-refractivity contribution in [1.29, 1.82) is 0 Å². The Morgan fingerprint density at radius 2 is 1.35 bits per heavy atom. The van der Waals surface area contributed by atoms with Gasteiger partial charge in [-0.3, -0.25) is 4.90 Å². The van der Waals surface area contributed by atoms with E-state index in [2.05, 4.69) is 32.3 Å². The first-order valence-corrected chi connectivity index (χ1v) is 13.6. The molecule has 0 aromatic rings. The smallest absolute Gasteiger partial charge is 0.334 e. The maximum Gasteiger partial charge on any atom is 0.334 e. The third kappa shape index (κ3) is 9.68. The van der Waals surface area contributed by atoms with Gasteiger partial charge in [0, 0.05) is 12.1 Å². The highest BCUT2D eigenvalue weighted by atomic mass is 16.5. The van der Waals surface area contributed by atoms with Crippen LogP contribution in [0.5, 0.6) is 0 Å². The number of esters is 1. The minimum atomic E-state index is -0.193. The van der Waals surface area contributed by atoms with Crippen LogP contribution in [0.25, 0.3) is 0 Å². The van der Waals surface area contributed by atoms with E-state index in [-0.39, 0.29) is 5.97 Å². The van der Waals surface area contributed by atoms with Crippen LogP contribution in [-0.2, 0) is 9.53 Å². The van der Waals surface area contributed by atoms with Crippen molar-refractivity contribution in [1.82, 2.24) is 4.90 Å². The van der Waals surface area contributed by atoms with Gasteiger partial charge in [-0.1, -0.05) is 78.7 Å². The van der Waals surface area contributed by atoms with E-state index in [4.69, 9.17) is 4.74 Å². The molecule has 2 aliphatic carbocycles. The fourth-order valence-electron chi connectivity index (χ4n) is 5.89. The Balaban J connectivity index is 1.57. The summed E-state index contributed by atoms with van der Waals surface area (Å²) in [4.78, 5) is 14.5. The van der Waals surface area contributed by atoms with Crippen LogP contribution in [-0.4, -0.2) is 37.1 Å². The molecular weight excluding hydrogens is 382 g/mol. The second-order valence-corrected chi connectivity index (χ2v) is 10.4. The van der Waals surface area contributed by atoms with Gasteiger partial charge >= 0.3 is 5.97 Å². The molecule has 0 bridgehead atoms. The topological polar surface area (TPSA) is 29.5 Å². The second-order valence-electron chi connectivity index (χ2n) is 10.4. The molecule has 0 radical (unpaired) electrons. The van der Waals surface area contributed by atoms with Gasteiger partial charge in [0.05, 0.1) is 6.61 Å². The molecule has 2 rings (SSSR count). The number of carbonyl (C=O) groups is 1. The Morgan fingerprint density at radius 1 is 0.806 bits per heavy atom. The molecule has 0 aliphatic heterocycles. The van der Waals surface area contributed by atoms with Crippen LogP contribution >= 0.6 is 0 Å². The number of nitrogens with zero attached hydrogens (tertiary/aromatic N) is 1. The number of hydrogen-bond donors (Lipinski definition) is 0.